The second-order valence-electron chi connectivity index (χ2n) is 2.62. The number of rotatable bonds is 3. The van der Waals surface area contributed by atoms with Crippen LogP contribution in [0.15, 0.2) is 27.3 Å². The number of hydrogen-bond donors (Lipinski definition) is 0. The topological polar surface area (TPSA) is 52.4 Å². The SMILES string of the molecule is COc1c(Br)cc(/C=C\[N+](=O)[O-])cc1Br. The maximum absolute atomic E-state index is 10.1. The van der Waals surface area contributed by atoms with E-state index in [-0.39, 0.29) is 0 Å². The molecule has 0 heterocycles. The van der Waals surface area contributed by atoms with E-state index in [0.717, 1.165) is 15.1 Å². The van der Waals surface area contributed by atoms with Gasteiger partial charge >= 0.3 is 0 Å². The van der Waals surface area contributed by atoms with Gasteiger partial charge in [-0.2, -0.15) is 0 Å². The third-order valence-electron chi connectivity index (χ3n) is 1.61. The molecule has 0 aliphatic heterocycles. The number of nitrogens with zero attached hydrogens (tertiary/aromatic N) is 1. The molecule has 4 nitrogen and oxygen atoms in total. The van der Waals surface area contributed by atoms with Crippen molar-refractivity contribution in [2.24, 2.45) is 0 Å². The molecule has 0 aliphatic rings. The van der Waals surface area contributed by atoms with Gasteiger partial charge in [0.1, 0.15) is 5.75 Å². The monoisotopic (exact) mass is 335 g/mol. The predicted molar refractivity (Wildman–Crippen MR) is 64.4 cm³/mol. The lowest BCUT2D eigenvalue weighted by Gasteiger charge is -2.06. The fraction of sp³-hybridized carbons (Fsp3) is 0.111. The van der Waals surface area contributed by atoms with Gasteiger partial charge < -0.3 is 4.74 Å². The zero-order chi connectivity index (χ0) is 11.4. The summed E-state index contributed by atoms with van der Waals surface area (Å²) in [5.74, 6) is 0.660. The average Bonchev–Trinajstić information content (AvgIpc) is 2.14. The van der Waals surface area contributed by atoms with Crippen molar-refractivity contribution < 1.29 is 9.66 Å². The van der Waals surface area contributed by atoms with Crippen LogP contribution >= 0.6 is 31.9 Å². The second-order valence-corrected chi connectivity index (χ2v) is 4.33. The molecule has 0 spiro atoms. The number of halogens is 2. The van der Waals surface area contributed by atoms with Gasteiger partial charge in [0.05, 0.1) is 21.0 Å². The van der Waals surface area contributed by atoms with E-state index in [0.29, 0.717) is 11.3 Å². The van der Waals surface area contributed by atoms with Crippen molar-refractivity contribution in [2.45, 2.75) is 0 Å². The highest BCUT2D eigenvalue weighted by Crippen LogP contribution is 2.34. The summed E-state index contributed by atoms with van der Waals surface area (Å²) >= 11 is 6.61. The number of ether oxygens (including phenoxy) is 1. The number of methoxy groups -OCH3 is 1. The van der Waals surface area contributed by atoms with E-state index in [9.17, 15) is 10.1 Å². The van der Waals surface area contributed by atoms with Crippen LogP contribution in [-0.2, 0) is 0 Å². The normalized spacial score (nSPS) is 10.6. The molecule has 1 aromatic carbocycles. The van der Waals surface area contributed by atoms with Gasteiger partial charge in [-0.15, -0.1) is 0 Å². The Bertz CT molecular complexity index is 395. The third kappa shape index (κ3) is 3.32. The Morgan fingerprint density at radius 1 is 1.40 bits per heavy atom. The summed E-state index contributed by atoms with van der Waals surface area (Å²) in [6.45, 7) is 0. The summed E-state index contributed by atoms with van der Waals surface area (Å²) < 4.78 is 6.58. The molecule has 0 aromatic heterocycles. The van der Waals surface area contributed by atoms with Crippen molar-refractivity contribution in [1.82, 2.24) is 0 Å². The van der Waals surface area contributed by atoms with Gasteiger partial charge in [0.25, 0.3) is 0 Å². The lowest BCUT2D eigenvalue weighted by Crippen LogP contribution is -1.88. The van der Waals surface area contributed by atoms with Crippen LogP contribution in [0, 0.1) is 10.1 Å². The summed E-state index contributed by atoms with van der Waals surface area (Å²) in [4.78, 5) is 9.63. The van der Waals surface area contributed by atoms with Crippen LogP contribution in [0.4, 0.5) is 0 Å². The summed E-state index contributed by atoms with van der Waals surface area (Å²) in [6.07, 6.45) is 2.30. The zero-order valence-electron chi connectivity index (χ0n) is 7.74. The van der Waals surface area contributed by atoms with Crippen molar-refractivity contribution in [2.75, 3.05) is 7.11 Å². The minimum absolute atomic E-state index is 0.508. The van der Waals surface area contributed by atoms with Crippen molar-refractivity contribution in [3.63, 3.8) is 0 Å². The fourth-order valence-electron chi connectivity index (χ4n) is 1.02. The van der Waals surface area contributed by atoms with Crippen molar-refractivity contribution in [1.29, 1.82) is 0 Å². The lowest BCUT2D eigenvalue weighted by atomic mass is 10.2. The summed E-state index contributed by atoms with van der Waals surface area (Å²) in [5, 5.41) is 10.1. The van der Waals surface area contributed by atoms with Crippen LogP contribution in [0.3, 0.4) is 0 Å². The van der Waals surface area contributed by atoms with Crippen LogP contribution in [0.25, 0.3) is 6.08 Å². The van der Waals surface area contributed by atoms with Crippen LogP contribution in [0.1, 0.15) is 5.56 Å². The average molecular weight is 337 g/mol. The van der Waals surface area contributed by atoms with Crippen molar-refractivity contribution in [3.05, 3.63) is 43.0 Å². The van der Waals surface area contributed by atoms with Gasteiger partial charge in [0.15, 0.2) is 0 Å². The van der Waals surface area contributed by atoms with Gasteiger partial charge in [-0.3, -0.25) is 10.1 Å². The van der Waals surface area contributed by atoms with Gasteiger partial charge in [-0.25, -0.2) is 0 Å². The maximum Gasteiger partial charge on any atom is 0.235 e. The molecule has 0 unspecified atom stereocenters. The summed E-state index contributed by atoms with van der Waals surface area (Å²) in [6, 6.07) is 3.48. The first-order valence-electron chi connectivity index (χ1n) is 3.89. The molecule has 0 amide bonds. The quantitative estimate of drug-likeness (QED) is 0.627. The first kappa shape index (κ1) is 12.2. The maximum atomic E-state index is 10.1. The lowest BCUT2D eigenvalue weighted by molar-refractivity contribution is -0.400. The fourth-order valence-corrected chi connectivity index (χ4v) is 2.56. The standard InChI is InChI=1S/C9H7Br2NO3/c1-15-9-7(10)4-6(5-8(9)11)2-3-12(13)14/h2-5H,1H3/b3-2-. The predicted octanol–water partition coefficient (Wildman–Crippen LogP) is 3.47. The number of benzene rings is 1. The Labute approximate surface area is 103 Å². The Kier molecular flexibility index (Phi) is 4.28. The molecule has 0 bridgehead atoms. The smallest absolute Gasteiger partial charge is 0.235 e. The van der Waals surface area contributed by atoms with Gasteiger partial charge in [0.2, 0.25) is 6.20 Å². The highest BCUT2D eigenvalue weighted by molar-refractivity contribution is 9.11. The molecule has 1 rings (SSSR count). The Hall–Kier alpha value is -0.880. The van der Waals surface area contributed by atoms with Crippen LogP contribution < -0.4 is 4.74 Å². The van der Waals surface area contributed by atoms with Gasteiger partial charge in [-0.05, 0) is 49.6 Å². The Balaban J connectivity index is 3.09. The molecule has 0 fully saturated rings. The molecule has 80 valence electrons. The van der Waals surface area contributed by atoms with E-state index < -0.39 is 4.92 Å². The molecule has 6 heteroatoms. The molecular formula is C9H7Br2NO3. The molecule has 1 aromatic rings. The second kappa shape index (κ2) is 5.27. The molecular weight excluding hydrogens is 330 g/mol. The van der Waals surface area contributed by atoms with E-state index in [1.807, 2.05) is 0 Å². The van der Waals surface area contributed by atoms with Crippen LogP contribution in [0.5, 0.6) is 5.75 Å². The van der Waals surface area contributed by atoms with Gasteiger partial charge in [-0.1, -0.05) is 0 Å². The molecule has 0 atom stereocenters. The van der Waals surface area contributed by atoms with Crippen LogP contribution in [0.2, 0.25) is 0 Å². The first-order chi connectivity index (χ1) is 7.04. The van der Waals surface area contributed by atoms with E-state index >= 15 is 0 Å². The number of hydrogen-bond acceptors (Lipinski definition) is 3. The van der Waals surface area contributed by atoms with E-state index in [1.54, 1.807) is 19.2 Å². The molecule has 0 saturated heterocycles. The van der Waals surface area contributed by atoms with E-state index in [2.05, 4.69) is 31.9 Å². The zero-order valence-corrected chi connectivity index (χ0v) is 10.9. The molecule has 0 saturated carbocycles. The van der Waals surface area contributed by atoms with Crippen LogP contribution in [-0.4, -0.2) is 12.0 Å². The minimum atomic E-state index is -0.508. The Morgan fingerprint density at radius 2 is 1.93 bits per heavy atom. The highest BCUT2D eigenvalue weighted by Gasteiger charge is 2.06. The van der Waals surface area contributed by atoms with Crippen molar-refractivity contribution in [3.8, 4) is 5.75 Å². The molecule has 0 aliphatic carbocycles. The number of nitro groups is 1. The molecule has 0 N–H and O–H groups in total. The summed E-state index contributed by atoms with van der Waals surface area (Å²) in [7, 11) is 1.55. The summed E-state index contributed by atoms with van der Waals surface area (Å²) in [5.41, 5.74) is 0.714. The highest BCUT2D eigenvalue weighted by atomic mass is 79.9. The largest absolute Gasteiger partial charge is 0.494 e. The Morgan fingerprint density at radius 3 is 2.33 bits per heavy atom. The first-order valence-corrected chi connectivity index (χ1v) is 5.48. The van der Waals surface area contributed by atoms with E-state index in [1.165, 1.54) is 6.08 Å². The van der Waals surface area contributed by atoms with Crippen molar-refractivity contribution >= 4 is 37.9 Å². The molecule has 0 radical (unpaired) electrons. The van der Waals surface area contributed by atoms with Gasteiger partial charge in [0, 0.05) is 6.08 Å². The van der Waals surface area contributed by atoms with E-state index in [4.69, 9.17) is 4.74 Å². The minimum Gasteiger partial charge on any atom is -0.494 e. The molecule has 15 heavy (non-hydrogen) atoms. The third-order valence-corrected chi connectivity index (χ3v) is 2.79.